The molecule has 8 heteroatoms. The maximum Gasteiger partial charge on any atom is 0.326 e. The highest BCUT2D eigenvalue weighted by atomic mass is 79.9. The highest BCUT2D eigenvalue weighted by molar-refractivity contribution is 9.10. The average Bonchev–Trinajstić information content (AvgIpc) is 2.38. The first-order chi connectivity index (χ1) is 9.79. The van der Waals surface area contributed by atoms with Crippen molar-refractivity contribution < 1.29 is 24.6 Å². The van der Waals surface area contributed by atoms with Gasteiger partial charge >= 0.3 is 18.0 Å². The van der Waals surface area contributed by atoms with Crippen molar-refractivity contribution in [1.29, 1.82) is 0 Å². The minimum atomic E-state index is -1.28. The van der Waals surface area contributed by atoms with Crippen molar-refractivity contribution in [2.75, 3.05) is 5.32 Å². The van der Waals surface area contributed by atoms with E-state index < -0.39 is 24.0 Å². The largest absolute Gasteiger partial charge is 0.481 e. The zero-order chi connectivity index (χ0) is 16.0. The van der Waals surface area contributed by atoms with Gasteiger partial charge in [-0.2, -0.15) is 0 Å². The second-order valence-electron chi connectivity index (χ2n) is 4.38. The SMILES string of the molecule is Cc1ccc(Br)cc1NC(=O)NC(CCC(=O)O)C(=O)O. The van der Waals surface area contributed by atoms with Gasteiger partial charge < -0.3 is 20.8 Å². The molecule has 0 bridgehead atoms. The molecule has 0 fully saturated rings. The van der Waals surface area contributed by atoms with Crippen molar-refractivity contribution in [3.63, 3.8) is 0 Å². The fourth-order valence-corrected chi connectivity index (χ4v) is 1.93. The number of halogens is 1. The molecule has 0 heterocycles. The summed E-state index contributed by atoms with van der Waals surface area (Å²) in [5.74, 6) is -2.40. The van der Waals surface area contributed by atoms with E-state index in [1.165, 1.54) is 0 Å². The molecule has 0 saturated heterocycles. The summed E-state index contributed by atoms with van der Waals surface area (Å²) in [6.07, 6.45) is -0.525. The highest BCUT2D eigenvalue weighted by Crippen LogP contribution is 2.20. The predicted octanol–water partition coefficient (Wildman–Crippen LogP) is 2.20. The number of carbonyl (C=O) groups is 3. The van der Waals surface area contributed by atoms with Gasteiger partial charge in [0.1, 0.15) is 6.04 Å². The predicted molar refractivity (Wildman–Crippen MR) is 79.3 cm³/mol. The van der Waals surface area contributed by atoms with E-state index >= 15 is 0 Å². The van der Waals surface area contributed by atoms with E-state index in [4.69, 9.17) is 10.2 Å². The molecule has 1 rings (SSSR count). The summed E-state index contributed by atoms with van der Waals surface area (Å²) in [6, 6.07) is 3.33. The number of amides is 2. The van der Waals surface area contributed by atoms with Crippen LogP contribution >= 0.6 is 15.9 Å². The summed E-state index contributed by atoms with van der Waals surface area (Å²) in [7, 11) is 0. The van der Waals surface area contributed by atoms with Crippen molar-refractivity contribution >= 4 is 39.6 Å². The number of aryl methyl sites for hydroxylation is 1. The number of aliphatic carboxylic acids is 2. The molecule has 1 aromatic rings. The van der Waals surface area contributed by atoms with Gasteiger partial charge in [-0.1, -0.05) is 22.0 Å². The molecule has 4 N–H and O–H groups in total. The third kappa shape index (κ3) is 5.82. The Morgan fingerprint density at radius 2 is 1.95 bits per heavy atom. The summed E-state index contributed by atoms with van der Waals surface area (Å²) in [5, 5.41) is 22.3. The molecule has 0 spiro atoms. The van der Waals surface area contributed by atoms with Crippen LogP contribution in [0.3, 0.4) is 0 Å². The highest BCUT2D eigenvalue weighted by Gasteiger charge is 2.21. The monoisotopic (exact) mass is 358 g/mol. The Morgan fingerprint density at radius 3 is 2.52 bits per heavy atom. The molecule has 1 aromatic carbocycles. The number of anilines is 1. The zero-order valence-electron chi connectivity index (χ0n) is 11.2. The molecule has 0 radical (unpaired) electrons. The Morgan fingerprint density at radius 1 is 1.29 bits per heavy atom. The van der Waals surface area contributed by atoms with Gasteiger partial charge in [0.05, 0.1) is 0 Å². The molecule has 2 amide bonds. The number of carbonyl (C=O) groups excluding carboxylic acids is 1. The average molecular weight is 359 g/mol. The number of benzene rings is 1. The van der Waals surface area contributed by atoms with Crippen LogP contribution in [-0.4, -0.2) is 34.2 Å². The van der Waals surface area contributed by atoms with E-state index in [1.807, 2.05) is 6.07 Å². The summed E-state index contributed by atoms with van der Waals surface area (Å²) in [4.78, 5) is 33.2. The van der Waals surface area contributed by atoms with E-state index in [-0.39, 0.29) is 12.8 Å². The molecular formula is C13H15BrN2O5. The molecule has 0 saturated carbocycles. The van der Waals surface area contributed by atoms with E-state index in [0.717, 1.165) is 10.0 Å². The van der Waals surface area contributed by atoms with Crippen LogP contribution in [0.15, 0.2) is 22.7 Å². The minimum Gasteiger partial charge on any atom is -0.481 e. The lowest BCUT2D eigenvalue weighted by Gasteiger charge is -2.15. The van der Waals surface area contributed by atoms with Gasteiger partial charge in [0.15, 0.2) is 0 Å². The number of carboxylic acid groups (broad SMARTS) is 2. The van der Waals surface area contributed by atoms with Crippen LogP contribution in [0.1, 0.15) is 18.4 Å². The van der Waals surface area contributed by atoms with Crippen LogP contribution < -0.4 is 10.6 Å². The lowest BCUT2D eigenvalue weighted by Crippen LogP contribution is -2.43. The number of rotatable bonds is 6. The third-order valence-electron chi connectivity index (χ3n) is 2.70. The van der Waals surface area contributed by atoms with Gasteiger partial charge in [0.2, 0.25) is 0 Å². The van der Waals surface area contributed by atoms with E-state index in [2.05, 4.69) is 26.6 Å². The van der Waals surface area contributed by atoms with Crippen molar-refractivity contribution in [3.8, 4) is 0 Å². The number of urea groups is 1. The summed E-state index contributed by atoms with van der Waals surface area (Å²) < 4.78 is 0.768. The maximum atomic E-state index is 11.8. The smallest absolute Gasteiger partial charge is 0.326 e. The molecule has 0 aromatic heterocycles. The van der Waals surface area contributed by atoms with E-state index in [0.29, 0.717) is 5.69 Å². The zero-order valence-corrected chi connectivity index (χ0v) is 12.8. The lowest BCUT2D eigenvalue weighted by molar-refractivity contribution is -0.140. The van der Waals surface area contributed by atoms with E-state index in [1.54, 1.807) is 19.1 Å². The topological polar surface area (TPSA) is 116 Å². The van der Waals surface area contributed by atoms with Crippen LogP contribution in [-0.2, 0) is 9.59 Å². The maximum absolute atomic E-state index is 11.8. The van der Waals surface area contributed by atoms with Gasteiger partial charge in [0.25, 0.3) is 0 Å². The summed E-state index contributed by atoms with van der Waals surface area (Å²) in [6.45, 7) is 1.79. The van der Waals surface area contributed by atoms with Gasteiger partial charge in [0, 0.05) is 16.6 Å². The quantitative estimate of drug-likeness (QED) is 0.622. The van der Waals surface area contributed by atoms with Gasteiger partial charge in [-0.15, -0.1) is 0 Å². The lowest BCUT2D eigenvalue weighted by atomic mass is 10.1. The Hall–Kier alpha value is -2.09. The Labute approximate surface area is 129 Å². The Bertz CT molecular complexity index is 561. The number of nitrogens with one attached hydrogen (secondary N) is 2. The van der Waals surface area contributed by atoms with Crippen molar-refractivity contribution in [3.05, 3.63) is 28.2 Å². The summed E-state index contributed by atoms with van der Waals surface area (Å²) in [5.41, 5.74) is 1.34. The first-order valence-electron chi connectivity index (χ1n) is 6.08. The van der Waals surface area contributed by atoms with Crippen LogP contribution in [0.2, 0.25) is 0 Å². The molecular weight excluding hydrogens is 344 g/mol. The Kier molecular flexibility index (Phi) is 6.16. The molecule has 0 aliphatic heterocycles. The molecule has 0 aliphatic rings. The third-order valence-corrected chi connectivity index (χ3v) is 3.19. The van der Waals surface area contributed by atoms with Crippen LogP contribution in [0.4, 0.5) is 10.5 Å². The molecule has 1 atom stereocenters. The van der Waals surface area contributed by atoms with Crippen LogP contribution in [0.5, 0.6) is 0 Å². The fourth-order valence-electron chi connectivity index (χ4n) is 1.57. The minimum absolute atomic E-state index is 0.185. The van der Waals surface area contributed by atoms with Gasteiger partial charge in [-0.25, -0.2) is 9.59 Å². The molecule has 0 aliphatic carbocycles. The van der Waals surface area contributed by atoms with Crippen LogP contribution in [0.25, 0.3) is 0 Å². The first-order valence-corrected chi connectivity index (χ1v) is 6.87. The number of hydrogen-bond acceptors (Lipinski definition) is 3. The molecule has 7 nitrogen and oxygen atoms in total. The Balaban J connectivity index is 2.67. The molecule has 21 heavy (non-hydrogen) atoms. The second-order valence-corrected chi connectivity index (χ2v) is 5.30. The normalized spacial score (nSPS) is 11.5. The first kappa shape index (κ1) is 17.0. The standard InChI is InChI=1S/C13H15BrN2O5/c1-7-2-3-8(14)6-10(7)16-13(21)15-9(12(19)20)4-5-11(17)18/h2-3,6,9H,4-5H2,1H3,(H,17,18)(H,19,20)(H2,15,16,21). The van der Waals surface area contributed by atoms with Crippen molar-refractivity contribution in [1.82, 2.24) is 5.32 Å². The van der Waals surface area contributed by atoms with Gasteiger partial charge in [-0.3, -0.25) is 4.79 Å². The van der Waals surface area contributed by atoms with Crippen molar-refractivity contribution in [2.24, 2.45) is 0 Å². The molecule has 1 unspecified atom stereocenters. The fraction of sp³-hybridized carbons (Fsp3) is 0.308. The van der Waals surface area contributed by atoms with Crippen LogP contribution in [0, 0.1) is 6.92 Å². The number of hydrogen-bond donors (Lipinski definition) is 4. The van der Waals surface area contributed by atoms with Crippen molar-refractivity contribution in [2.45, 2.75) is 25.8 Å². The van der Waals surface area contributed by atoms with E-state index in [9.17, 15) is 14.4 Å². The second kappa shape index (κ2) is 7.63. The summed E-state index contributed by atoms with van der Waals surface area (Å²) >= 11 is 3.27. The van der Waals surface area contributed by atoms with Gasteiger partial charge in [-0.05, 0) is 31.0 Å². The number of carboxylic acids is 2. The molecule has 114 valence electrons.